The number of rotatable bonds is 4. The average molecular weight is 346 g/mol. The number of nitrogens with zero attached hydrogens (tertiary/aromatic N) is 5. The van der Waals surface area contributed by atoms with E-state index in [-0.39, 0.29) is 18.7 Å². The fraction of sp³-hybridized carbons (Fsp3) is 0.786. The van der Waals surface area contributed by atoms with Gasteiger partial charge in [0.15, 0.2) is 5.69 Å². The van der Waals surface area contributed by atoms with Crippen LogP contribution in [0.3, 0.4) is 0 Å². The Morgan fingerprint density at radius 1 is 1.25 bits per heavy atom. The number of piperazine rings is 1. The van der Waals surface area contributed by atoms with Crippen molar-refractivity contribution < 1.29 is 18.0 Å². The third kappa shape index (κ3) is 3.86. The molecule has 1 N–H and O–H groups in total. The SMILES string of the molecule is O=C(c1cn(CCN2CCNCC2)nn1)N1CCC[C@@H]1C(F)(F)F. The topological polar surface area (TPSA) is 66.3 Å². The summed E-state index contributed by atoms with van der Waals surface area (Å²) in [6.07, 6.45) is -2.65. The molecule has 24 heavy (non-hydrogen) atoms. The predicted molar refractivity (Wildman–Crippen MR) is 79.4 cm³/mol. The van der Waals surface area contributed by atoms with Gasteiger partial charge in [0.05, 0.1) is 12.7 Å². The number of carbonyl (C=O) groups is 1. The standard InChI is InChI=1S/C14H21F3N6O/c15-14(16,17)12-2-1-5-23(12)13(24)11-10-22(20-19-11)9-8-21-6-3-18-4-7-21/h10,12,18H,1-9H2/t12-/m1/s1. The highest BCUT2D eigenvalue weighted by Crippen LogP contribution is 2.33. The maximum atomic E-state index is 13.0. The Bertz CT molecular complexity index is 569. The predicted octanol–water partition coefficient (Wildman–Crippen LogP) is 0.350. The Hall–Kier alpha value is -1.68. The van der Waals surface area contributed by atoms with Crippen LogP contribution in [-0.2, 0) is 6.54 Å². The molecular formula is C14H21F3N6O. The number of hydrogen-bond acceptors (Lipinski definition) is 5. The van der Waals surface area contributed by atoms with Crippen molar-refractivity contribution in [1.29, 1.82) is 0 Å². The zero-order valence-corrected chi connectivity index (χ0v) is 13.3. The van der Waals surface area contributed by atoms with Gasteiger partial charge >= 0.3 is 6.18 Å². The van der Waals surface area contributed by atoms with E-state index in [9.17, 15) is 18.0 Å². The highest BCUT2D eigenvalue weighted by molar-refractivity contribution is 5.92. The molecule has 134 valence electrons. The van der Waals surface area contributed by atoms with Crippen LogP contribution in [0.5, 0.6) is 0 Å². The van der Waals surface area contributed by atoms with E-state index < -0.39 is 18.1 Å². The lowest BCUT2D eigenvalue weighted by Gasteiger charge is -2.26. The Balaban J connectivity index is 1.59. The van der Waals surface area contributed by atoms with Crippen molar-refractivity contribution in [1.82, 2.24) is 30.1 Å². The van der Waals surface area contributed by atoms with Crippen LogP contribution < -0.4 is 5.32 Å². The summed E-state index contributed by atoms with van der Waals surface area (Å²) in [5.41, 5.74) is -0.0218. The molecule has 2 aliphatic rings. The van der Waals surface area contributed by atoms with E-state index >= 15 is 0 Å². The molecule has 0 spiro atoms. The number of carbonyl (C=O) groups excluding carboxylic acids is 1. The molecular weight excluding hydrogens is 325 g/mol. The van der Waals surface area contributed by atoms with Crippen molar-refractivity contribution in [3.8, 4) is 0 Å². The summed E-state index contributed by atoms with van der Waals surface area (Å²) >= 11 is 0. The van der Waals surface area contributed by atoms with Crippen LogP contribution >= 0.6 is 0 Å². The first kappa shape index (κ1) is 17.2. The van der Waals surface area contributed by atoms with Gasteiger partial charge in [-0.2, -0.15) is 13.2 Å². The minimum absolute atomic E-state index is 0.0218. The molecule has 0 aromatic carbocycles. The molecule has 2 fully saturated rings. The summed E-state index contributed by atoms with van der Waals surface area (Å²) in [7, 11) is 0. The first-order valence-electron chi connectivity index (χ1n) is 8.16. The minimum Gasteiger partial charge on any atom is -0.325 e. The summed E-state index contributed by atoms with van der Waals surface area (Å²) in [5.74, 6) is -0.691. The van der Waals surface area contributed by atoms with E-state index in [0.717, 1.165) is 37.6 Å². The molecule has 3 heterocycles. The van der Waals surface area contributed by atoms with Crippen molar-refractivity contribution in [3.63, 3.8) is 0 Å². The lowest BCUT2D eigenvalue weighted by atomic mass is 10.2. The summed E-state index contributed by atoms with van der Waals surface area (Å²) < 4.78 is 40.4. The van der Waals surface area contributed by atoms with Crippen molar-refractivity contribution in [2.75, 3.05) is 39.3 Å². The van der Waals surface area contributed by atoms with Crippen LogP contribution in [0.4, 0.5) is 13.2 Å². The molecule has 1 amide bonds. The highest BCUT2D eigenvalue weighted by atomic mass is 19.4. The van der Waals surface area contributed by atoms with Gasteiger partial charge in [-0.25, -0.2) is 0 Å². The van der Waals surface area contributed by atoms with Gasteiger partial charge in [-0.1, -0.05) is 5.21 Å². The molecule has 3 rings (SSSR count). The fourth-order valence-corrected chi connectivity index (χ4v) is 3.18. The second kappa shape index (κ2) is 7.06. The summed E-state index contributed by atoms with van der Waals surface area (Å²) in [5, 5.41) is 10.9. The molecule has 0 radical (unpaired) electrons. The third-order valence-electron chi connectivity index (χ3n) is 4.50. The van der Waals surface area contributed by atoms with Gasteiger partial charge < -0.3 is 10.2 Å². The lowest BCUT2D eigenvalue weighted by molar-refractivity contribution is -0.169. The van der Waals surface area contributed by atoms with Crippen molar-refractivity contribution >= 4 is 5.91 Å². The second-order valence-corrected chi connectivity index (χ2v) is 6.16. The Morgan fingerprint density at radius 3 is 2.71 bits per heavy atom. The molecule has 0 bridgehead atoms. The largest absolute Gasteiger partial charge is 0.408 e. The van der Waals surface area contributed by atoms with Crippen molar-refractivity contribution in [2.24, 2.45) is 0 Å². The van der Waals surface area contributed by atoms with Gasteiger partial charge in [0, 0.05) is 39.3 Å². The number of amides is 1. The third-order valence-corrected chi connectivity index (χ3v) is 4.50. The molecule has 2 saturated heterocycles. The summed E-state index contributed by atoms with van der Waals surface area (Å²) in [6.45, 7) is 5.21. The quantitative estimate of drug-likeness (QED) is 0.852. The maximum Gasteiger partial charge on any atom is 0.408 e. The number of nitrogens with one attached hydrogen (secondary N) is 1. The fourth-order valence-electron chi connectivity index (χ4n) is 3.18. The first-order chi connectivity index (χ1) is 11.4. The van der Waals surface area contributed by atoms with Crippen LogP contribution in [0.15, 0.2) is 6.20 Å². The van der Waals surface area contributed by atoms with Crippen molar-refractivity contribution in [2.45, 2.75) is 31.6 Å². The zero-order chi connectivity index (χ0) is 17.2. The average Bonchev–Trinajstić information content (AvgIpc) is 3.22. The summed E-state index contributed by atoms with van der Waals surface area (Å²) in [6, 6.07) is -1.71. The number of hydrogen-bond donors (Lipinski definition) is 1. The van der Waals surface area contributed by atoms with Gasteiger partial charge in [0.25, 0.3) is 5.91 Å². The van der Waals surface area contributed by atoms with E-state index in [2.05, 4.69) is 20.5 Å². The van der Waals surface area contributed by atoms with Gasteiger partial charge in [0.2, 0.25) is 0 Å². The lowest BCUT2D eigenvalue weighted by Crippen LogP contribution is -2.44. The number of halogens is 3. The number of aromatic nitrogens is 3. The van der Waals surface area contributed by atoms with Crippen LogP contribution in [0, 0.1) is 0 Å². The minimum atomic E-state index is -4.40. The Labute approximate surface area is 137 Å². The molecule has 1 atom stereocenters. The maximum absolute atomic E-state index is 13.0. The van der Waals surface area contributed by atoms with Crippen LogP contribution in [-0.4, -0.2) is 82.2 Å². The molecule has 2 aliphatic heterocycles. The van der Waals surface area contributed by atoms with Gasteiger partial charge in [-0.15, -0.1) is 5.10 Å². The van der Waals surface area contributed by atoms with Gasteiger partial charge in [-0.3, -0.25) is 14.4 Å². The van der Waals surface area contributed by atoms with Crippen LogP contribution in [0.1, 0.15) is 23.3 Å². The smallest absolute Gasteiger partial charge is 0.325 e. The number of likely N-dealkylation sites (tertiary alicyclic amines) is 1. The second-order valence-electron chi connectivity index (χ2n) is 6.16. The molecule has 0 aliphatic carbocycles. The van der Waals surface area contributed by atoms with E-state index in [1.165, 1.54) is 10.9 Å². The van der Waals surface area contributed by atoms with E-state index in [1.54, 1.807) is 0 Å². The van der Waals surface area contributed by atoms with E-state index in [1.807, 2.05) is 0 Å². The molecule has 0 unspecified atom stereocenters. The summed E-state index contributed by atoms with van der Waals surface area (Å²) in [4.78, 5) is 15.4. The molecule has 7 nitrogen and oxygen atoms in total. The van der Waals surface area contributed by atoms with Gasteiger partial charge in [-0.05, 0) is 12.8 Å². The highest BCUT2D eigenvalue weighted by Gasteiger charge is 2.48. The van der Waals surface area contributed by atoms with E-state index in [0.29, 0.717) is 13.0 Å². The molecule has 1 aromatic rings. The van der Waals surface area contributed by atoms with Crippen LogP contribution in [0.2, 0.25) is 0 Å². The number of alkyl halides is 3. The zero-order valence-electron chi connectivity index (χ0n) is 13.3. The Morgan fingerprint density at radius 2 is 2.00 bits per heavy atom. The molecule has 0 saturated carbocycles. The Kier molecular flexibility index (Phi) is 5.04. The normalized spacial score (nSPS) is 23.0. The monoisotopic (exact) mass is 346 g/mol. The molecule has 10 heteroatoms. The van der Waals surface area contributed by atoms with Crippen LogP contribution in [0.25, 0.3) is 0 Å². The first-order valence-corrected chi connectivity index (χ1v) is 8.16. The van der Waals surface area contributed by atoms with Gasteiger partial charge in [0.1, 0.15) is 6.04 Å². The molecule has 1 aromatic heterocycles. The van der Waals surface area contributed by atoms with E-state index in [4.69, 9.17) is 0 Å². The van der Waals surface area contributed by atoms with Crippen molar-refractivity contribution in [3.05, 3.63) is 11.9 Å².